The molecule has 5 heteroatoms. The van der Waals surface area contributed by atoms with Crippen molar-refractivity contribution >= 4 is 33.8 Å². The number of hydrogen-bond acceptors (Lipinski definition) is 3. The van der Waals surface area contributed by atoms with Gasteiger partial charge in [-0.25, -0.2) is 0 Å². The van der Waals surface area contributed by atoms with Crippen molar-refractivity contribution < 1.29 is 4.79 Å². The number of carbonyl (C=O) groups is 1. The lowest BCUT2D eigenvalue weighted by Gasteiger charge is -2.00. The Morgan fingerprint density at radius 2 is 2.27 bits per heavy atom. The number of halogens is 1. The Bertz CT molecular complexity index is 420. The van der Waals surface area contributed by atoms with Gasteiger partial charge in [0.2, 0.25) is 5.91 Å². The van der Waals surface area contributed by atoms with Crippen LogP contribution in [0.1, 0.15) is 22.4 Å². The van der Waals surface area contributed by atoms with Gasteiger partial charge < -0.3 is 5.32 Å². The molecule has 1 amide bonds. The van der Waals surface area contributed by atoms with Gasteiger partial charge in [0, 0.05) is 17.2 Å². The van der Waals surface area contributed by atoms with Crippen LogP contribution in [0.5, 0.6) is 0 Å². The number of nitrogens with zero attached hydrogens (tertiary/aromatic N) is 1. The van der Waals surface area contributed by atoms with Crippen LogP contribution in [0.25, 0.3) is 0 Å². The Kier molecular flexibility index (Phi) is 4.13. The number of carbonyl (C=O) groups excluding carboxylic acids is 1. The minimum absolute atomic E-state index is 0.150. The van der Waals surface area contributed by atoms with Crippen LogP contribution in [0.4, 0.5) is 5.00 Å². The summed E-state index contributed by atoms with van der Waals surface area (Å²) in [5, 5.41) is 12.3. The minimum Gasteiger partial charge on any atom is -0.317 e. The quantitative estimate of drug-likeness (QED) is 0.829. The van der Waals surface area contributed by atoms with Crippen molar-refractivity contribution in [2.45, 2.75) is 20.3 Å². The molecule has 1 aromatic rings. The lowest BCUT2D eigenvalue weighted by Crippen LogP contribution is -2.11. The molecule has 0 fully saturated rings. The SMILES string of the molecule is Cc1sc(NC(=O)CCCl)c(C#N)c1C. The van der Waals surface area contributed by atoms with Gasteiger partial charge in [0.1, 0.15) is 11.1 Å². The van der Waals surface area contributed by atoms with E-state index in [0.29, 0.717) is 10.6 Å². The fourth-order valence-electron chi connectivity index (χ4n) is 1.12. The number of amides is 1. The number of aryl methyl sites for hydroxylation is 1. The largest absolute Gasteiger partial charge is 0.317 e. The summed E-state index contributed by atoms with van der Waals surface area (Å²) in [6.07, 6.45) is 0.266. The highest BCUT2D eigenvalue weighted by molar-refractivity contribution is 7.16. The van der Waals surface area contributed by atoms with Crippen LogP contribution in [0.3, 0.4) is 0 Å². The highest BCUT2D eigenvalue weighted by atomic mass is 35.5. The third-order valence-corrected chi connectivity index (χ3v) is 3.38. The van der Waals surface area contributed by atoms with E-state index in [1.807, 2.05) is 13.8 Å². The molecule has 80 valence electrons. The fraction of sp³-hybridized carbons (Fsp3) is 0.400. The van der Waals surface area contributed by atoms with Gasteiger partial charge in [-0.05, 0) is 19.4 Å². The van der Waals surface area contributed by atoms with Gasteiger partial charge in [0.15, 0.2) is 0 Å². The number of nitrogens with one attached hydrogen (secondary N) is 1. The molecule has 0 aliphatic heterocycles. The van der Waals surface area contributed by atoms with Gasteiger partial charge in [-0.3, -0.25) is 4.79 Å². The first-order chi connectivity index (χ1) is 7.10. The van der Waals surface area contributed by atoms with Crippen LogP contribution in [0, 0.1) is 25.2 Å². The average molecular weight is 243 g/mol. The first-order valence-corrected chi connectivity index (χ1v) is 5.81. The molecule has 0 aromatic carbocycles. The number of nitriles is 1. The molecule has 0 aliphatic rings. The zero-order chi connectivity index (χ0) is 11.4. The third-order valence-electron chi connectivity index (χ3n) is 2.07. The molecule has 0 atom stereocenters. The molecule has 15 heavy (non-hydrogen) atoms. The topological polar surface area (TPSA) is 52.9 Å². The maximum absolute atomic E-state index is 11.3. The summed E-state index contributed by atoms with van der Waals surface area (Å²) in [5.74, 6) is 0.139. The van der Waals surface area contributed by atoms with Crippen LogP contribution in [-0.2, 0) is 4.79 Å². The van der Waals surface area contributed by atoms with Crippen LogP contribution < -0.4 is 5.32 Å². The number of anilines is 1. The summed E-state index contributed by atoms with van der Waals surface area (Å²) in [5.41, 5.74) is 1.49. The molecule has 3 nitrogen and oxygen atoms in total. The molecule has 0 aliphatic carbocycles. The molecule has 1 rings (SSSR count). The van der Waals surface area contributed by atoms with E-state index in [1.165, 1.54) is 11.3 Å². The van der Waals surface area contributed by atoms with E-state index in [1.54, 1.807) is 0 Å². The van der Waals surface area contributed by atoms with E-state index in [0.717, 1.165) is 10.4 Å². The van der Waals surface area contributed by atoms with Gasteiger partial charge in [0.05, 0.1) is 5.56 Å². The molecule has 0 bridgehead atoms. The smallest absolute Gasteiger partial charge is 0.226 e. The average Bonchev–Trinajstić information content (AvgIpc) is 2.42. The van der Waals surface area contributed by atoms with Gasteiger partial charge >= 0.3 is 0 Å². The van der Waals surface area contributed by atoms with Crippen LogP contribution in [0.2, 0.25) is 0 Å². The van der Waals surface area contributed by atoms with Crippen molar-refractivity contribution in [3.8, 4) is 6.07 Å². The lowest BCUT2D eigenvalue weighted by molar-refractivity contribution is -0.115. The zero-order valence-electron chi connectivity index (χ0n) is 8.56. The Hall–Kier alpha value is -1.05. The summed E-state index contributed by atoms with van der Waals surface area (Å²) >= 11 is 6.87. The van der Waals surface area contributed by atoms with E-state index in [4.69, 9.17) is 16.9 Å². The summed E-state index contributed by atoms with van der Waals surface area (Å²) in [6, 6.07) is 2.09. The Morgan fingerprint density at radius 3 is 2.80 bits per heavy atom. The predicted octanol–water partition coefficient (Wildman–Crippen LogP) is 2.80. The molecule has 1 heterocycles. The van der Waals surface area contributed by atoms with Gasteiger partial charge in [-0.1, -0.05) is 0 Å². The molecular formula is C10H11ClN2OS. The molecule has 1 aromatic heterocycles. The Morgan fingerprint density at radius 1 is 1.60 bits per heavy atom. The van der Waals surface area contributed by atoms with E-state index in [9.17, 15) is 4.79 Å². The summed E-state index contributed by atoms with van der Waals surface area (Å²) < 4.78 is 0. The molecule has 0 spiro atoms. The fourth-order valence-corrected chi connectivity index (χ4v) is 2.32. The van der Waals surface area contributed by atoms with Crippen molar-refractivity contribution in [3.05, 3.63) is 16.0 Å². The molecule has 0 saturated carbocycles. The van der Waals surface area contributed by atoms with Gasteiger partial charge in [-0.2, -0.15) is 5.26 Å². The van der Waals surface area contributed by atoms with Crippen molar-refractivity contribution in [2.24, 2.45) is 0 Å². The van der Waals surface area contributed by atoms with Gasteiger partial charge in [0.25, 0.3) is 0 Å². The van der Waals surface area contributed by atoms with E-state index < -0.39 is 0 Å². The normalized spacial score (nSPS) is 9.73. The molecular weight excluding hydrogens is 232 g/mol. The minimum atomic E-state index is -0.150. The number of hydrogen-bond donors (Lipinski definition) is 1. The third kappa shape index (κ3) is 2.71. The van der Waals surface area contributed by atoms with E-state index >= 15 is 0 Å². The summed E-state index contributed by atoms with van der Waals surface area (Å²) in [4.78, 5) is 12.4. The number of alkyl halides is 1. The summed E-state index contributed by atoms with van der Waals surface area (Å²) in [6.45, 7) is 3.81. The monoisotopic (exact) mass is 242 g/mol. The maximum Gasteiger partial charge on any atom is 0.226 e. The Labute approximate surface area is 97.7 Å². The Balaban J connectivity index is 2.91. The maximum atomic E-state index is 11.3. The van der Waals surface area contributed by atoms with Crippen molar-refractivity contribution in [1.82, 2.24) is 0 Å². The van der Waals surface area contributed by atoms with E-state index in [2.05, 4.69) is 11.4 Å². The second-order valence-corrected chi connectivity index (χ2v) is 4.69. The van der Waals surface area contributed by atoms with Crippen LogP contribution in [-0.4, -0.2) is 11.8 Å². The standard InChI is InChI=1S/C10H11ClN2OS/c1-6-7(2)15-10(8(6)5-12)13-9(14)3-4-11/h3-4H2,1-2H3,(H,13,14). The van der Waals surface area contributed by atoms with E-state index in [-0.39, 0.29) is 18.2 Å². The zero-order valence-corrected chi connectivity index (χ0v) is 10.1. The molecule has 0 unspecified atom stereocenters. The second-order valence-electron chi connectivity index (χ2n) is 3.09. The lowest BCUT2D eigenvalue weighted by atomic mass is 10.2. The first kappa shape index (κ1) is 12.0. The van der Waals surface area contributed by atoms with Crippen LogP contribution >= 0.6 is 22.9 Å². The summed E-state index contributed by atoms with van der Waals surface area (Å²) in [7, 11) is 0. The van der Waals surface area contributed by atoms with Crippen molar-refractivity contribution in [1.29, 1.82) is 5.26 Å². The van der Waals surface area contributed by atoms with Crippen molar-refractivity contribution in [3.63, 3.8) is 0 Å². The second kappa shape index (κ2) is 5.15. The predicted molar refractivity (Wildman–Crippen MR) is 62.5 cm³/mol. The molecule has 0 saturated heterocycles. The number of rotatable bonds is 3. The molecule has 0 radical (unpaired) electrons. The highest BCUT2D eigenvalue weighted by Crippen LogP contribution is 2.31. The van der Waals surface area contributed by atoms with Gasteiger partial charge in [-0.15, -0.1) is 22.9 Å². The molecule has 1 N–H and O–H groups in total. The highest BCUT2D eigenvalue weighted by Gasteiger charge is 2.13. The van der Waals surface area contributed by atoms with Crippen molar-refractivity contribution in [2.75, 3.05) is 11.2 Å². The van der Waals surface area contributed by atoms with Crippen LogP contribution in [0.15, 0.2) is 0 Å². The number of thiophene rings is 1. The first-order valence-electron chi connectivity index (χ1n) is 4.46.